The molecule has 2 rings (SSSR count). The summed E-state index contributed by atoms with van der Waals surface area (Å²) in [6.07, 6.45) is 3.17. The van der Waals surface area contributed by atoms with Gasteiger partial charge in [0.15, 0.2) is 11.5 Å². The van der Waals surface area contributed by atoms with Crippen LogP contribution in [0.25, 0.3) is 0 Å². The first-order valence-electron chi connectivity index (χ1n) is 7.37. The number of nitrogens with two attached hydrogens (primary N) is 1. The molecular weight excluding hydrogens is 270 g/mol. The van der Waals surface area contributed by atoms with Crippen LogP contribution in [0.15, 0.2) is 12.1 Å². The molecule has 21 heavy (non-hydrogen) atoms. The summed E-state index contributed by atoms with van der Waals surface area (Å²) < 4.78 is 5.78. The van der Waals surface area contributed by atoms with Gasteiger partial charge in [-0.3, -0.25) is 4.79 Å². The molecule has 1 saturated heterocycles. The van der Waals surface area contributed by atoms with E-state index in [1.165, 1.54) is 0 Å². The Hall–Kier alpha value is -1.73. The highest BCUT2D eigenvalue weighted by atomic mass is 16.5. The van der Waals surface area contributed by atoms with Crippen molar-refractivity contribution in [1.82, 2.24) is 15.5 Å². The quantitative estimate of drug-likeness (QED) is 0.726. The fourth-order valence-electron chi connectivity index (χ4n) is 2.33. The average Bonchev–Trinajstić information content (AvgIpc) is 2.55. The van der Waals surface area contributed by atoms with Crippen LogP contribution >= 0.6 is 0 Å². The monoisotopic (exact) mass is 293 g/mol. The van der Waals surface area contributed by atoms with Crippen LogP contribution < -0.4 is 16.0 Å². The molecule has 2 heterocycles. The number of piperidine rings is 1. The molecular formula is C14H23N5O2. The second-order valence-electron chi connectivity index (χ2n) is 5.06. The molecule has 7 heteroatoms. The number of ether oxygens (including phenoxy) is 1. The van der Waals surface area contributed by atoms with E-state index >= 15 is 0 Å². The van der Waals surface area contributed by atoms with Gasteiger partial charge in [-0.1, -0.05) is 0 Å². The predicted octanol–water partition coefficient (Wildman–Crippen LogP) is 0.170. The third kappa shape index (κ3) is 4.37. The number of nitrogens with one attached hydrogen (secondary N) is 1. The molecule has 0 aliphatic carbocycles. The van der Waals surface area contributed by atoms with E-state index in [9.17, 15) is 4.79 Å². The summed E-state index contributed by atoms with van der Waals surface area (Å²) in [7, 11) is 1.58. The molecule has 1 aromatic heterocycles. The van der Waals surface area contributed by atoms with Crippen molar-refractivity contribution in [1.29, 1.82) is 0 Å². The summed E-state index contributed by atoms with van der Waals surface area (Å²) in [6.45, 7) is 3.19. The Labute approximate surface area is 124 Å². The number of anilines is 1. The third-order valence-electron chi connectivity index (χ3n) is 3.58. The molecule has 0 atom stereocenters. The van der Waals surface area contributed by atoms with E-state index in [0.29, 0.717) is 18.3 Å². The summed E-state index contributed by atoms with van der Waals surface area (Å²) in [5.41, 5.74) is 5.79. The van der Waals surface area contributed by atoms with Crippen LogP contribution in [0.5, 0.6) is 0 Å². The minimum Gasteiger partial charge on any atom is -0.378 e. The number of amides is 1. The highest BCUT2D eigenvalue weighted by Gasteiger charge is 2.21. The number of aromatic nitrogens is 2. The fraction of sp³-hybridized carbons (Fsp3) is 0.643. The molecule has 0 aromatic carbocycles. The van der Waals surface area contributed by atoms with E-state index in [1.807, 2.05) is 6.07 Å². The molecule has 7 nitrogen and oxygen atoms in total. The van der Waals surface area contributed by atoms with Gasteiger partial charge in [0.25, 0.3) is 5.91 Å². The van der Waals surface area contributed by atoms with E-state index in [-0.39, 0.29) is 5.91 Å². The molecule has 1 amide bonds. The Balaban J connectivity index is 1.83. The summed E-state index contributed by atoms with van der Waals surface area (Å²) in [5.74, 6) is 0.587. The SMILES string of the molecule is CNC(=O)c1ccc(N2CCC(OCCCN)CC2)nn1. The smallest absolute Gasteiger partial charge is 0.271 e. The molecule has 1 aliphatic rings. The third-order valence-corrected chi connectivity index (χ3v) is 3.58. The normalized spacial score (nSPS) is 16.0. The van der Waals surface area contributed by atoms with Gasteiger partial charge in [0, 0.05) is 26.7 Å². The molecule has 1 aromatic rings. The maximum Gasteiger partial charge on any atom is 0.271 e. The fourth-order valence-corrected chi connectivity index (χ4v) is 2.33. The number of carbonyl (C=O) groups excluding carboxylic acids is 1. The van der Waals surface area contributed by atoms with Gasteiger partial charge in [-0.05, 0) is 37.9 Å². The maximum atomic E-state index is 11.4. The first kappa shape index (κ1) is 15.7. The summed E-state index contributed by atoms with van der Waals surface area (Å²) in [4.78, 5) is 13.6. The van der Waals surface area contributed by atoms with Crippen molar-refractivity contribution in [2.75, 3.05) is 38.2 Å². The van der Waals surface area contributed by atoms with Crippen molar-refractivity contribution in [2.45, 2.75) is 25.4 Å². The lowest BCUT2D eigenvalue weighted by Gasteiger charge is -2.32. The zero-order chi connectivity index (χ0) is 15.1. The Morgan fingerprint density at radius 3 is 2.76 bits per heavy atom. The lowest BCUT2D eigenvalue weighted by molar-refractivity contribution is 0.0365. The van der Waals surface area contributed by atoms with Gasteiger partial charge >= 0.3 is 0 Å². The lowest BCUT2D eigenvalue weighted by atomic mass is 10.1. The van der Waals surface area contributed by atoms with E-state index < -0.39 is 0 Å². The molecule has 0 radical (unpaired) electrons. The topological polar surface area (TPSA) is 93.4 Å². The minimum atomic E-state index is -0.221. The van der Waals surface area contributed by atoms with Crippen molar-refractivity contribution in [2.24, 2.45) is 5.73 Å². The molecule has 0 saturated carbocycles. The van der Waals surface area contributed by atoms with Crippen LogP contribution in [-0.4, -0.2) is 55.5 Å². The Morgan fingerprint density at radius 2 is 2.19 bits per heavy atom. The van der Waals surface area contributed by atoms with Crippen LogP contribution in [0.4, 0.5) is 5.82 Å². The van der Waals surface area contributed by atoms with E-state index in [1.54, 1.807) is 13.1 Å². The van der Waals surface area contributed by atoms with Gasteiger partial charge in [-0.2, -0.15) is 0 Å². The van der Waals surface area contributed by atoms with Gasteiger partial charge in [-0.25, -0.2) is 0 Å². The molecule has 0 bridgehead atoms. The van der Waals surface area contributed by atoms with Crippen LogP contribution in [0.3, 0.4) is 0 Å². The van der Waals surface area contributed by atoms with Crippen molar-refractivity contribution in [3.63, 3.8) is 0 Å². The van der Waals surface area contributed by atoms with Crippen LogP contribution in [0.1, 0.15) is 29.8 Å². The second-order valence-corrected chi connectivity index (χ2v) is 5.06. The van der Waals surface area contributed by atoms with Gasteiger partial charge in [0.1, 0.15) is 0 Å². The molecule has 0 spiro atoms. The highest BCUT2D eigenvalue weighted by Crippen LogP contribution is 2.19. The van der Waals surface area contributed by atoms with Crippen molar-refractivity contribution < 1.29 is 9.53 Å². The van der Waals surface area contributed by atoms with E-state index in [0.717, 1.165) is 44.8 Å². The second kappa shape index (κ2) is 7.90. The Morgan fingerprint density at radius 1 is 1.43 bits per heavy atom. The number of rotatable bonds is 6. The lowest BCUT2D eigenvalue weighted by Crippen LogP contribution is -2.38. The van der Waals surface area contributed by atoms with E-state index in [2.05, 4.69) is 20.4 Å². The number of hydrogen-bond donors (Lipinski definition) is 2. The number of carbonyl (C=O) groups is 1. The summed E-state index contributed by atoms with van der Waals surface area (Å²) in [6, 6.07) is 3.54. The molecule has 3 N–H and O–H groups in total. The van der Waals surface area contributed by atoms with Crippen LogP contribution in [0, 0.1) is 0 Å². The Bertz CT molecular complexity index is 443. The largest absolute Gasteiger partial charge is 0.378 e. The van der Waals surface area contributed by atoms with Gasteiger partial charge in [0.2, 0.25) is 0 Å². The molecule has 1 aliphatic heterocycles. The zero-order valence-electron chi connectivity index (χ0n) is 12.4. The van der Waals surface area contributed by atoms with Crippen molar-refractivity contribution in [3.05, 3.63) is 17.8 Å². The van der Waals surface area contributed by atoms with E-state index in [4.69, 9.17) is 10.5 Å². The van der Waals surface area contributed by atoms with Gasteiger partial charge in [0.05, 0.1) is 6.10 Å². The standard InChI is InChI=1S/C14H23N5O2/c1-16-14(20)12-3-4-13(18-17-12)19-8-5-11(6-9-19)21-10-2-7-15/h3-4,11H,2,5-10,15H2,1H3,(H,16,20). The summed E-state index contributed by atoms with van der Waals surface area (Å²) in [5, 5.41) is 10.6. The summed E-state index contributed by atoms with van der Waals surface area (Å²) >= 11 is 0. The predicted molar refractivity (Wildman–Crippen MR) is 80.3 cm³/mol. The first-order chi connectivity index (χ1) is 10.2. The van der Waals surface area contributed by atoms with Crippen LogP contribution in [0.2, 0.25) is 0 Å². The minimum absolute atomic E-state index is 0.221. The average molecular weight is 293 g/mol. The number of hydrogen-bond acceptors (Lipinski definition) is 6. The van der Waals surface area contributed by atoms with Gasteiger partial charge < -0.3 is 20.7 Å². The van der Waals surface area contributed by atoms with Crippen molar-refractivity contribution >= 4 is 11.7 Å². The van der Waals surface area contributed by atoms with Gasteiger partial charge in [-0.15, -0.1) is 10.2 Å². The molecule has 116 valence electrons. The van der Waals surface area contributed by atoms with Crippen LogP contribution in [-0.2, 0) is 4.74 Å². The maximum absolute atomic E-state index is 11.4. The first-order valence-corrected chi connectivity index (χ1v) is 7.37. The Kier molecular flexibility index (Phi) is 5.89. The molecule has 1 fully saturated rings. The molecule has 0 unspecified atom stereocenters. The highest BCUT2D eigenvalue weighted by molar-refractivity contribution is 5.91. The zero-order valence-corrected chi connectivity index (χ0v) is 12.4. The van der Waals surface area contributed by atoms with Crippen molar-refractivity contribution in [3.8, 4) is 0 Å². The number of nitrogens with zero attached hydrogens (tertiary/aromatic N) is 3.